The summed E-state index contributed by atoms with van der Waals surface area (Å²) < 4.78 is 11.0. The van der Waals surface area contributed by atoms with Crippen LogP contribution in [0.5, 0.6) is 5.75 Å². The molecule has 3 aromatic rings. The molecule has 6 nitrogen and oxygen atoms in total. The van der Waals surface area contributed by atoms with Crippen LogP contribution in [0.3, 0.4) is 0 Å². The number of benzene rings is 3. The van der Waals surface area contributed by atoms with E-state index in [1.54, 1.807) is 30.3 Å². The molecular formula is C27H25NO5. The maximum absolute atomic E-state index is 12.5. The minimum absolute atomic E-state index is 0.0925. The number of alkyl carbamates (subject to hydrolysis) is 1. The van der Waals surface area contributed by atoms with Gasteiger partial charge in [-0.3, -0.25) is 0 Å². The summed E-state index contributed by atoms with van der Waals surface area (Å²) in [6.07, 6.45) is 0.972. The minimum atomic E-state index is -1.14. The fourth-order valence-electron chi connectivity index (χ4n) is 4.14. The first-order chi connectivity index (χ1) is 16.1. The maximum atomic E-state index is 12.5. The molecule has 1 aliphatic carbocycles. The lowest BCUT2D eigenvalue weighted by molar-refractivity contribution is -0.139. The van der Waals surface area contributed by atoms with Gasteiger partial charge in [-0.1, -0.05) is 73.3 Å². The van der Waals surface area contributed by atoms with Crippen molar-refractivity contribution in [3.05, 3.63) is 102 Å². The standard InChI is InChI=1S/C27H25NO5/c1-2-14-32-19-9-7-8-18(15-19)16-25(26(29)30)28-27(31)33-17-24-22-12-5-3-10-20(22)21-11-4-6-13-23(21)24/h2-13,15,24-25H,1,14,16-17H2,(H,28,31)(H,29,30). The van der Waals surface area contributed by atoms with Crippen LogP contribution in [0, 0.1) is 0 Å². The molecule has 0 bridgehead atoms. The Kier molecular flexibility index (Phi) is 6.74. The topological polar surface area (TPSA) is 84.9 Å². The number of ether oxygens (including phenoxy) is 2. The Hall–Kier alpha value is -4.06. The van der Waals surface area contributed by atoms with Crippen molar-refractivity contribution in [2.75, 3.05) is 13.2 Å². The lowest BCUT2D eigenvalue weighted by atomic mass is 9.98. The molecular weight excluding hydrogens is 418 g/mol. The van der Waals surface area contributed by atoms with Crippen molar-refractivity contribution in [1.82, 2.24) is 5.32 Å². The van der Waals surface area contributed by atoms with Crippen molar-refractivity contribution >= 4 is 12.1 Å². The largest absolute Gasteiger partial charge is 0.490 e. The lowest BCUT2D eigenvalue weighted by Crippen LogP contribution is -2.42. The third-order valence-corrected chi connectivity index (χ3v) is 5.64. The number of rotatable bonds is 9. The quantitative estimate of drug-likeness (QED) is 0.465. The molecule has 3 aromatic carbocycles. The molecule has 0 saturated heterocycles. The monoisotopic (exact) mass is 443 g/mol. The Balaban J connectivity index is 1.40. The van der Waals surface area contributed by atoms with Crippen molar-refractivity contribution in [2.45, 2.75) is 18.4 Å². The molecule has 2 N–H and O–H groups in total. The van der Waals surface area contributed by atoms with Gasteiger partial charge in [-0.25, -0.2) is 9.59 Å². The minimum Gasteiger partial charge on any atom is -0.490 e. The molecule has 1 atom stereocenters. The van der Waals surface area contributed by atoms with Crippen molar-refractivity contribution < 1.29 is 24.2 Å². The summed E-state index contributed by atoms with van der Waals surface area (Å²) in [5.41, 5.74) is 5.17. The molecule has 0 radical (unpaired) electrons. The van der Waals surface area contributed by atoms with Crippen LogP contribution in [0.4, 0.5) is 4.79 Å². The SMILES string of the molecule is C=CCOc1cccc(CC(NC(=O)OCC2c3ccccc3-c3ccccc32)C(=O)O)c1. The van der Waals surface area contributed by atoms with Crippen LogP contribution in [0.1, 0.15) is 22.6 Å². The van der Waals surface area contributed by atoms with E-state index in [0.717, 1.165) is 27.8 Å². The zero-order valence-electron chi connectivity index (χ0n) is 18.1. The smallest absolute Gasteiger partial charge is 0.407 e. The Morgan fingerprint density at radius 3 is 2.30 bits per heavy atom. The number of carbonyl (C=O) groups is 2. The Bertz CT molecular complexity index is 1130. The third-order valence-electron chi connectivity index (χ3n) is 5.64. The lowest BCUT2D eigenvalue weighted by Gasteiger charge is -2.18. The Labute approximate surface area is 192 Å². The number of nitrogens with one attached hydrogen (secondary N) is 1. The van der Waals surface area contributed by atoms with Crippen molar-refractivity contribution in [2.24, 2.45) is 0 Å². The van der Waals surface area contributed by atoms with Crippen LogP contribution < -0.4 is 10.1 Å². The van der Waals surface area contributed by atoms with Gasteiger partial charge < -0.3 is 19.9 Å². The van der Waals surface area contributed by atoms with Gasteiger partial charge in [0, 0.05) is 12.3 Å². The first kappa shape index (κ1) is 22.1. The predicted octanol–water partition coefficient (Wildman–Crippen LogP) is 4.79. The number of carboxylic acid groups (broad SMARTS) is 1. The summed E-state index contributed by atoms with van der Waals surface area (Å²) in [4.78, 5) is 24.3. The molecule has 168 valence electrons. The van der Waals surface area contributed by atoms with Gasteiger partial charge in [0.1, 0.15) is 25.0 Å². The van der Waals surface area contributed by atoms with Crippen LogP contribution >= 0.6 is 0 Å². The number of aliphatic carboxylic acids is 1. The van der Waals surface area contributed by atoms with E-state index in [4.69, 9.17) is 9.47 Å². The first-order valence-corrected chi connectivity index (χ1v) is 10.7. The van der Waals surface area contributed by atoms with E-state index in [-0.39, 0.29) is 18.9 Å². The summed E-state index contributed by atoms with van der Waals surface area (Å²) in [5.74, 6) is -0.622. The van der Waals surface area contributed by atoms with E-state index in [2.05, 4.69) is 24.0 Å². The van der Waals surface area contributed by atoms with Gasteiger partial charge in [0.25, 0.3) is 0 Å². The third kappa shape index (κ3) is 5.06. The molecule has 0 aliphatic heterocycles. The summed E-state index contributed by atoms with van der Waals surface area (Å²) in [5, 5.41) is 12.1. The van der Waals surface area contributed by atoms with Crippen molar-refractivity contribution in [3.63, 3.8) is 0 Å². The number of amides is 1. The Morgan fingerprint density at radius 2 is 1.67 bits per heavy atom. The molecule has 33 heavy (non-hydrogen) atoms. The molecule has 6 heteroatoms. The van der Waals surface area contributed by atoms with Crippen LogP contribution in [0.2, 0.25) is 0 Å². The molecule has 1 unspecified atom stereocenters. The molecule has 0 saturated carbocycles. The number of carboxylic acids is 1. The van der Waals surface area contributed by atoms with Gasteiger partial charge >= 0.3 is 12.1 Å². The van der Waals surface area contributed by atoms with Crippen LogP contribution in [0.25, 0.3) is 11.1 Å². The molecule has 0 fully saturated rings. The van der Waals surface area contributed by atoms with Crippen molar-refractivity contribution in [1.29, 1.82) is 0 Å². The van der Waals surface area contributed by atoms with Gasteiger partial charge in [0.2, 0.25) is 0 Å². The van der Waals surface area contributed by atoms with E-state index >= 15 is 0 Å². The number of fused-ring (bicyclic) bond motifs is 3. The van der Waals surface area contributed by atoms with E-state index in [1.165, 1.54) is 0 Å². The molecule has 4 rings (SSSR count). The van der Waals surface area contributed by atoms with E-state index in [1.807, 2.05) is 36.4 Å². The average molecular weight is 443 g/mol. The van der Waals surface area contributed by atoms with E-state index < -0.39 is 18.1 Å². The van der Waals surface area contributed by atoms with Gasteiger partial charge in [-0.15, -0.1) is 0 Å². The number of hydrogen-bond donors (Lipinski definition) is 2. The van der Waals surface area contributed by atoms with Crippen LogP contribution in [-0.2, 0) is 16.0 Å². The van der Waals surface area contributed by atoms with Gasteiger partial charge in [0.05, 0.1) is 0 Å². The fraction of sp³-hybridized carbons (Fsp3) is 0.185. The number of carbonyl (C=O) groups excluding carboxylic acids is 1. The highest BCUT2D eigenvalue weighted by Crippen LogP contribution is 2.44. The molecule has 0 aromatic heterocycles. The van der Waals surface area contributed by atoms with E-state index in [0.29, 0.717) is 12.4 Å². The molecule has 1 aliphatic rings. The first-order valence-electron chi connectivity index (χ1n) is 10.7. The highest BCUT2D eigenvalue weighted by Gasteiger charge is 2.29. The highest BCUT2D eigenvalue weighted by molar-refractivity contribution is 5.81. The zero-order chi connectivity index (χ0) is 23.2. The van der Waals surface area contributed by atoms with Gasteiger partial charge in [0.15, 0.2) is 0 Å². The molecule has 0 heterocycles. The van der Waals surface area contributed by atoms with Crippen LogP contribution in [0.15, 0.2) is 85.5 Å². The highest BCUT2D eigenvalue weighted by atomic mass is 16.5. The molecule has 1 amide bonds. The fourth-order valence-corrected chi connectivity index (χ4v) is 4.14. The predicted molar refractivity (Wildman–Crippen MR) is 125 cm³/mol. The van der Waals surface area contributed by atoms with Gasteiger partial charge in [-0.2, -0.15) is 0 Å². The second-order valence-electron chi connectivity index (χ2n) is 7.81. The normalized spacial score (nSPS) is 12.8. The van der Waals surface area contributed by atoms with Crippen LogP contribution in [-0.4, -0.2) is 36.4 Å². The maximum Gasteiger partial charge on any atom is 0.407 e. The van der Waals surface area contributed by atoms with Gasteiger partial charge in [-0.05, 0) is 39.9 Å². The summed E-state index contributed by atoms with van der Waals surface area (Å²) >= 11 is 0. The molecule has 0 spiro atoms. The average Bonchev–Trinajstić information content (AvgIpc) is 3.15. The second-order valence-corrected chi connectivity index (χ2v) is 7.81. The number of hydrogen-bond acceptors (Lipinski definition) is 4. The zero-order valence-corrected chi connectivity index (χ0v) is 18.1. The van der Waals surface area contributed by atoms with Crippen molar-refractivity contribution in [3.8, 4) is 16.9 Å². The Morgan fingerprint density at radius 1 is 1.00 bits per heavy atom. The summed E-state index contributed by atoms with van der Waals surface area (Å²) in [6.45, 7) is 4.08. The van der Waals surface area contributed by atoms with E-state index in [9.17, 15) is 14.7 Å². The second kappa shape index (κ2) is 10.0. The summed E-state index contributed by atoms with van der Waals surface area (Å²) in [6, 6.07) is 22.0. The summed E-state index contributed by atoms with van der Waals surface area (Å²) in [7, 11) is 0.